The van der Waals surface area contributed by atoms with Crippen LogP contribution in [-0.4, -0.2) is 31.1 Å². The van der Waals surface area contributed by atoms with Gasteiger partial charge in [-0.2, -0.15) is 0 Å². The minimum absolute atomic E-state index is 0.0434. The van der Waals surface area contributed by atoms with Crippen LogP contribution in [-0.2, 0) is 0 Å². The van der Waals surface area contributed by atoms with Crippen LogP contribution < -0.4 is 5.32 Å². The Labute approximate surface area is 127 Å². The lowest BCUT2D eigenvalue weighted by Gasteiger charge is -2.40. The predicted molar refractivity (Wildman–Crippen MR) is 85.0 cm³/mol. The molecule has 2 fully saturated rings. The molecule has 0 radical (unpaired) electrons. The maximum Gasteiger partial charge on any atom is 0.128 e. The van der Waals surface area contributed by atoms with Crippen molar-refractivity contribution in [2.24, 2.45) is 5.92 Å². The molecule has 0 amide bonds. The molecular formula is C18H27FN2. The number of hydrogen-bond donors (Lipinski definition) is 1. The van der Waals surface area contributed by atoms with E-state index in [0.29, 0.717) is 18.0 Å². The number of nitrogens with zero attached hydrogens (tertiary/aromatic N) is 1. The second kappa shape index (κ2) is 5.69. The molecule has 2 bridgehead atoms. The fourth-order valence-corrected chi connectivity index (χ4v) is 4.66. The summed E-state index contributed by atoms with van der Waals surface area (Å²) in [7, 11) is 4.23. The van der Waals surface area contributed by atoms with Gasteiger partial charge in [-0.15, -0.1) is 0 Å². The number of benzene rings is 1. The van der Waals surface area contributed by atoms with E-state index < -0.39 is 0 Å². The van der Waals surface area contributed by atoms with Crippen molar-refractivity contribution in [2.45, 2.75) is 57.7 Å². The van der Waals surface area contributed by atoms with Crippen molar-refractivity contribution in [2.75, 3.05) is 14.1 Å². The average Bonchev–Trinajstić information content (AvgIpc) is 2.63. The quantitative estimate of drug-likeness (QED) is 0.915. The average molecular weight is 290 g/mol. The Morgan fingerprint density at radius 3 is 2.33 bits per heavy atom. The molecule has 2 saturated heterocycles. The predicted octanol–water partition coefficient (Wildman–Crippen LogP) is 3.58. The molecule has 3 atom stereocenters. The number of aryl methyl sites for hydroxylation is 2. The summed E-state index contributed by atoms with van der Waals surface area (Å²) in [6.07, 6.45) is 4.99. The molecule has 0 spiro atoms. The highest BCUT2D eigenvalue weighted by atomic mass is 19.1. The van der Waals surface area contributed by atoms with Gasteiger partial charge < -0.3 is 10.2 Å². The highest BCUT2D eigenvalue weighted by Crippen LogP contribution is 2.43. The molecular weight excluding hydrogens is 263 g/mol. The lowest BCUT2D eigenvalue weighted by Crippen LogP contribution is -2.43. The number of piperidine rings is 1. The number of fused-ring (bicyclic) bond motifs is 2. The standard InChI is InChI=1S/C18H27FN2/c1-11-7-12(2)17(16(19)8-11)18(20-3)13-9-14-5-6-15(10-13)21(14)4/h7-8,13-15,18,20H,5-6,9-10H2,1-4H3. The molecule has 2 nitrogen and oxygen atoms in total. The van der Waals surface area contributed by atoms with Crippen molar-refractivity contribution in [1.82, 2.24) is 10.2 Å². The van der Waals surface area contributed by atoms with Gasteiger partial charge in [0, 0.05) is 23.7 Å². The monoisotopic (exact) mass is 290 g/mol. The maximum atomic E-state index is 14.5. The van der Waals surface area contributed by atoms with Crippen LogP contribution >= 0.6 is 0 Å². The van der Waals surface area contributed by atoms with Crippen LogP contribution in [0.25, 0.3) is 0 Å². The van der Waals surface area contributed by atoms with E-state index in [1.165, 1.54) is 25.7 Å². The van der Waals surface area contributed by atoms with Crippen LogP contribution in [0.15, 0.2) is 12.1 Å². The van der Waals surface area contributed by atoms with Gasteiger partial charge in [-0.05, 0) is 76.7 Å². The third-order valence-corrected chi connectivity index (χ3v) is 5.71. The Morgan fingerprint density at radius 1 is 1.19 bits per heavy atom. The molecule has 2 aliphatic heterocycles. The highest BCUT2D eigenvalue weighted by Gasteiger charge is 2.41. The molecule has 21 heavy (non-hydrogen) atoms. The highest BCUT2D eigenvalue weighted by molar-refractivity contribution is 5.35. The molecule has 3 heteroatoms. The Bertz CT molecular complexity index is 491. The number of nitrogens with one attached hydrogen (secondary N) is 1. The minimum atomic E-state index is -0.0434. The largest absolute Gasteiger partial charge is 0.313 e. The van der Waals surface area contributed by atoms with Crippen molar-refractivity contribution in [3.05, 3.63) is 34.6 Å². The van der Waals surface area contributed by atoms with Crippen LogP contribution in [0.5, 0.6) is 0 Å². The second-order valence-electron chi connectivity index (χ2n) is 7.03. The molecule has 1 N–H and O–H groups in total. The van der Waals surface area contributed by atoms with E-state index in [4.69, 9.17) is 0 Å². The van der Waals surface area contributed by atoms with Crippen LogP contribution in [0.4, 0.5) is 4.39 Å². The molecule has 1 aromatic rings. The van der Waals surface area contributed by atoms with Crippen LogP contribution in [0.3, 0.4) is 0 Å². The maximum absolute atomic E-state index is 14.5. The molecule has 1 aromatic carbocycles. The number of hydrogen-bond acceptors (Lipinski definition) is 2. The van der Waals surface area contributed by atoms with E-state index in [0.717, 1.165) is 16.7 Å². The smallest absolute Gasteiger partial charge is 0.128 e. The zero-order chi connectivity index (χ0) is 15.1. The van der Waals surface area contributed by atoms with Crippen molar-refractivity contribution >= 4 is 0 Å². The van der Waals surface area contributed by atoms with Gasteiger partial charge >= 0.3 is 0 Å². The van der Waals surface area contributed by atoms with Crippen LogP contribution in [0.2, 0.25) is 0 Å². The lowest BCUT2D eigenvalue weighted by molar-refractivity contribution is 0.113. The van der Waals surface area contributed by atoms with E-state index in [9.17, 15) is 4.39 Å². The zero-order valence-corrected chi connectivity index (χ0v) is 13.6. The van der Waals surface area contributed by atoms with Gasteiger partial charge in [-0.3, -0.25) is 0 Å². The molecule has 0 aliphatic carbocycles. The normalized spacial score (nSPS) is 30.6. The van der Waals surface area contributed by atoms with Gasteiger partial charge in [0.15, 0.2) is 0 Å². The summed E-state index contributed by atoms with van der Waals surface area (Å²) in [5, 5.41) is 3.41. The lowest BCUT2D eigenvalue weighted by atomic mass is 9.80. The van der Waals surface area contributed by atoms with Crippen LogP contribution in [0.1, 0.15) is 48.4 Å². The molecule has 3 unspecified atom stereocenters. The van der Waals surface area contributed by atoms with E-state index in [-0.39, 0.29) is 11.9 Å². The summed E-state index contributed by atoms with van der Waals surface area (Å²) in [6, 6.07) is 5.31. The van der Waals surface area contributed by atoms with E-state index in [2.05, 4.69) is 23.3 Å². The first-order chi connectivity index (χ1) is 10.0. The van der Waals surface area contributed by atoms with E-state index >= 15 is 0 Å². The fraction of sp³-hybridized carbons (Fsp3) is 0.667. The van der Waals surface area contributed by atoms with Gasteiger partial charge in [0.25, 0.3) is 0 Å². The van der Waals surface area contributed by atoms with E-state index in [1.54, 1.807) is 6.07 Å². The molecule has 3 rings (SSSR count). The van der Waals surface area contributed by atoms with Crippen molar-refractivity contribution in [3.8, 4) is 0 Å². The van der Waals surface area contributed by atoms with Crippen molar-refractivity contribution < 1.29 is 4.39 Å². The van der Waals surface area contributed by atoms with E-state index in [1.807, 2.05) is 20.9 Å². The molecule has 2 aliphatic rings. The van der Waals surface area contributed by atoms with Gasteiger partial charge in [-0.1, -0.05) is 6.07 Å². The van der Waals surface area contributed by atoms with Gasteiger partial charge in [-0.25, -0.2) is 4.39 Å². The molecule has 116 valence electrons. The minimum Gasteiger partial charge on any atom is -0.313 e. The fourth-order valence-electron chi connectivity index (χ4n) is 4.66. The Morgan fingerprint density at radius 2 is 1.81 bits per heavy atom. The first kappa shape index (κ1) is 15.0. The summed E-state index contributed by atoms with van der Waals surface area (Å²) in [6.45, 7) is 4.00. The Kier molecular flexibility index (Phi) is 4.06. The third-order valence-electron chi connectivity index (χ3n) is 5.71. The third kappa shape index (κ3) is 2.62. The first-order valence-corrected chi connectivity index (χ1v) is 8.17. The topological polar surface area (TPSA) is 15.3 Å². The zero-order valence-electron chi connectivity index (χ0n) is 13.6. The molecule has 0 saturated carbocycles. The Hall–Kier alpha value is -0.930. The number of halogens is 1. The van der Waals surface area contributed by atoms with Gasteiger partial charge in [0.1, 0.15) is 5.82 Å². The summed E-state index contributed by atoms with van der Waals surface area (Å²) in [5.74, 6) is 0.498. The molecule has 2 heterocycles. The summed E-state index contributed by atoms with van der Waals surface area (Å²) in [5.41, 5.74) is 2.97. The van der Waals surface area contributed by atoms with Crippen molar-refractivity contribution in [1.29, 1.82) is 0 Å². The van der Waals surface area contributed by atoms with Crippen LogP contribution in [0, 0.1) is 25.6 Å². The number of rotatable bonds is 3. The SMILES string of the molecule is CNC(c1c(C)cc(C)cc1F)C1CC2CCC(C1)N2C. The first-order valence-electron chi connectivity index (χ1n) is 8.17. The second-order valence-corrected chi connectivity index (χ2v) is 7.03. The Balaban J connectivity index is 1.90. The summed E-state index contributed by atoms with van der Waals surface area (Å²) >= 11 is 0. The summed E-state index contributed by atoms with van der Waals surface area (Å²) in [4.78, 5) is 2.54. The summed E-state index contributed by atoms with van der Waals surface area (Å²) < 4.78 is 14.5. The van der Waals surface area contributed by atoms with Gasteiger partial charge in [0.2, 0.25) is 0 Å². The van der Waals surface area contributed by atoms with Crippen molar-refractivity contribution in [3.63, 3.8) is 0 Å². The van der Waals surface area contributed by atoms with Gasteiger partial charge in [0.05, 0.1) is 0 Å². The molecule has 0 aromatic heterocycles.